The van der Waals surface area contributed by atoms with Gasteiger partial charge in [-0.3, -0.25) is 15.1 Å². The second-order valence-electron chi connectivity index (χ2n) is 7.09. The minimum atomic E-state index is -0.374. The van der Waals surface area contributed by atoms with Crippen molar-refractivity contribution in [2.24, 2.45) is 5.92 Å². The van der Waals surface area contributed by atoms with Crippen LogP contribution in [0.5, 0.6) is 0 Å². The summed E-state index contributed by atoms with van der Waals surface area (Å²) in [6.07, 6.45) is 7.66. The smallest absolute Gasteiger partial charge is 0.295 e. The van der Waals surface area contributed by atoms with E-state index in [1.54, 1.807) is 6.07 Å². The molecule has 1 saturated heterocycles. The average Bonchev–Trinajstić information content (AvgIpc) is 2.79. The van der Waals surface area contributed by atoms with E-state index in [0.717, 1.165) is 42.8 Å². The fourth-order valence-electron chi connectivity index (χ4n) is 4.22. The Bertz CT molecular complexity index is 889. The van der Waals surface area contributed by atoms with Crippen LogP contribution in [0.4, 0.5) is 5.69 Å². The maximum absolute atomic E-state index is 11.7. The van der Waals surface area contributed by atoms with E-state index < -0.39 is 0 Å². The van der Waals surface area contributed by atoms with Gasteiger partial charge in [0.15, 0.2) is 0 Å². The molecular weight excluding hydrogens is 350 g/mol. The van der Waals surface area contributed by atoms with E-state index in [1.165, 1.54) is 0 Å². The quantitative estimate of drug-likeness (QED) is 0.573. The van der Waals surface area contributed by atoms with Crippen molar-refractivity contribution in [3.8, 4) is 0 Å². The third-order valence-electron chi connectivity index (χ3n) is 5.55. The van der Waals surface area contributed by atoms with E-state index in [2.05, 4.69) is 16.9 Å². The topological polar surface area (TPSA) is 59.3 Å². The Balaban J connectivity index is 1.92. The van der Waals surface area contributed by atoms with E-state index in [4.69, 9.17) is 11.6 Å². The molecule has 26 heavy (non-hydrogen) atoms. The van der Waals surface area contributed by atoms with Crippen LogP contribution in [-0.4, -0.2) is 34.9 Å². The highest BCUT2D eigenvalue weighted by Gasteiger charge is 2.35. The van der Waals surface area contributed by atoms with Crippen LogP contribution in [0.2, 0.25) is 5.02 Å². The third-order valence-corrected chi connectivity index (χ3v) is 5.85. The summed E-state index contributed by atoms with van der Waals surface area (Å²) >= 11 is 6.18. The van der Waals surface area contributed by atoms with Crippen molar-refractivity contribution in [3.63, 3.8) is 0 Å². The fraction of sp³-hybridized carbons (Fsp3) is 0.350. The van der Waals surface area contributed by atoms with Gasteiger partial charge in [-0.15, -0.1) is 0 Å². The maximum Gasteiger partial charge on any atom is 0.295 e. The van der Waals surface area contributed by atoms with Crippen molar-refractivity contribution in [2.75, 3.05) is 20.1 Å². The Labute approximate surface area is 157 Å². The highest BCUT2D eigenvalue weighted by molar-refractivity contribution is 6.33. The number of nitro groups is 1. The number of halogens is 1. The Morgan fingerprint density at radius 2 is 2.00 bits per heavy atom. The van der Waals surface area contributed by atoms with Gasteiger partial charge in [0.05, 0.1) is 16.2 Å². The number of rotatable bonds is 2. The lowest BCUT2D eigenvalue weighted by Crippen LogP contribution is -2.33. The molecule has 0 saturated carbocycles. The molecule has 1 atom stereocenters. The van der Waals surface area contributed by atoms with E-state index in [0.29, 0.717) is 11.5 Å². The van der Waals surface area contributed by atoms with Gasteiger partial charge in [-0.05, 0) is 68.2 Å². The summed E-state index contributed by atoms with van der Waals surface area (Å²) in [4.78, 5) is 18.3. The summed E-state index contributed by atoms with van der Waals surface area (Å²) in [7, 11) is 2.13. The molecule has 4 rings (SSSR count). The number of benzene rings is 1. The molecule has 1 aromatic carbocycles. The lowest BCUT2D eigenvalue weighted by molar-refractivity contribution is -0.385. The number of hydrogen-bond donors (Lipinski definition) is 0. The average molecular weight is 370 g/mol. The predicted octanol–water partition coefficient (Wildman–Crippen LogP) is 4.60. The van der Waals surface area contributed by atoms with E-state index in [-0.39, 0.29) is 21.6 Å². The lowest BCUT2D eigenvalue weighted by Gasteiger charge is -2.35. The standard InChI is InChI=1S/C20H20ClN3O2/c1-23-11-8-13(9-12-23)18-15-6-7-17(21)20(24(25)26)16(15)5-4-14-3-2-10-22-19(14)18/h2-7,10,13,18H,8-9,11-12H2,1H3. The van der Waals surface area contributed by atoms with E-state index in [9.17, 15) is 10.1 Å². The van der Waals surface area contributed by atoms with Crippen molar-refractivity contribution in [2.45, 2.75) is 18.8 Å². The highest BCUT2D eigenvalue weighted by Crippen LogP contribution is 2.45. The molecule has 1 fully saturated rings. The summed E-state index contributed by atoms with van der Waals surface area (Å²) in [6, 6.07) is 7.54. The molecule has 0 bridgehead atoms. The Hall–Kier alpha value is -2.24. The van der Waals surface area contributed by atoms with E-state index >= 15 is 0 Å². The molecule has 1 aromatic heterocycles. The molecule has 0 amide bonds. The van der Waals surface area contributed by atoms with Crippen molar-refractivity contribution in [1.29, 1.82) is 0 Å². The monoisotopic (exact) mass is 369 g/mol. The Morgan fingerprint density at radius 1 is 1.23 bits per heavy atom. The minimum Gasteiger partial charge on any atom is -0.306 e. The second kappa shape index (κ2) is 6.82. The van der Waals surface area contributed by atoms with Crippen LogP contribution in [0.15, 0.2) is 30.5 Å². The van der Waals surface area contributed by atoms with Crippen molar-refractivity contribution in [1.82, 2.24) is 9.88 Å². The molecule has 1 unspecified atom stereocenters. The first kappa shape index (κ1) is 17.2. The zero-order valence-electron chi connectivity index (χ0n) is 14.6. The first-order chi connectivity index (χ1) is 12.6. The molecule has 0 radical (unpaired) electrons. The molecule has 5 nitrogen and oxygen atoms in total. The molecule has 1 aliphatic carbocycles. The van der Waals surface area contributed by atoms with Gasteiger partial charge in [-0.25, -0.2) is 0 Å². The largest absolute Gasteiger partial charge is 0.306 e. The first-order valence-corrected chi connectivity index (χ1v) is 9.22. The third kappa shape index (κ3) is 2.91. The molecule has 2 aliphatic rings. The number of likely N-dealkylation sites (tertiary alicyclic amines) is 1. The Kier molecular flexibility index (Phi) is 4.51. The zero-order chi connectivity index (χ0) is 18.3. The van der Waals surface area contributed by atoms with Gasteiger partial charge in [0, 0.05) is 12.1 Å². The van der Waals surface area contributed by atoms with Crippen LogP contribution in [-0.2, 0) is 0 Å². The minimum absolute atomic E-state index is 0.00819. The molecule has 6 heteroatoms. The Morgan fingerprint density at radius 3 is 2.73 bits per heavy atom. The van der Waals surface area contributed by atoms with Crippen molar-refractivity contribution < 1.29 is 4.92 Å². The molecule has 2 heterocycles. The second-order valence-corrected chi connectivity index (χ2v) is 7.49. The zero-order valence-corrected chi connectivity index (χ0v) is 15.3. The molecule has 0 N–H and O–H groups in total. The number of nitro benzene ring substituents is 1. The number of nitrogens with zero attached hydrogens (tertiary/aromatic N) is 3. The van der Waals surface area contributed by atoms with Crippen molar-refractivity contribution >= 4 is 29.4 Å². The van der Waals surface area contributed by atoms with Crippen LogP contribution < -0.4 is 0 Å². The number of hydrogen-bond acceptors (Lipinski definition) is 4. The van der Waals surface area contributed by atoms with Gasteiger partial charge in [-0.2, -0.15) is 0 Å². The van der Waals surface area contributed by atoms with Crippen LogP contribution in [0.3, 0.4) is 0 Å². The number of aromatic nitrogens is 1. The van der Waals surface area contributed by atoms with Crippen LogP contribution in [0, 0.1) is 16.0 Å². The summed E-state index contributed by atoms with van der Waals surface area (Å²) in [6.45, 7) is 2.06. The van der Waals surface area contributed by atoms with Gasteiger partial charge in [0.25, 0.3) is 5.69 Å². The van der Waals surface area contributed by atoms with Crippen LogP contribution >= 0.6 is 11.6 Å². The molecule has 0 spiro atoms. The summed E-state index contributed by atoms with van der Waals surface area (Å²) in [5.41, 5.74) is 3.60. The SMILES string of the molecule is CN1CCC(C2c3ccc(Cl)c([N+](=O)[O-])c3C=Cc3cccnc32)CC1. The number of piperidine rings is 1. The normalized spacial score (nSPS) is 20.3. The summed E-state index contributed by atoms with van der Waals surface area (Å²) in [5, 5.41) is 11.8. The number of pyridine rings is 1. The lowest BCUT2D eigenvalue weighted by atomic mass is 9.76. The van der Waals surface area contributed by atoms with Crippen LogP contribution in [0.1, 0.15) is 41.1 Å². The van der Waals surface area contributed by atoms with Gasteiger partial charge in [0.1, 0.15) is 5.02 Å². The summed E-state index contributed by atoms with van der Waals surface area (Å²) in [5.74, 6) is 0.445. The van der Waals surface area contributed by atoms with Gasteiger partial charge >= 0.3 is 0 Å². The fourth-order valence-corrected chi connectivity index (χ4v) is 4.45. The summed E-state index contributed by atoms with van der Waals surface area (Å²) < 4.78 is 0. The van der Waals surface area contributed by atoms with Gasteiger partial charge in [-0.1, -0.05) is 29.8 Å². The molecular formula is C20H20ClN3O2. The number of fused-ring (bicyclic) bond motifs is 2. The predicted molar refractivity (Wildman–Crippen MR) is 103 cm³/mol. The van der Waals surface area contributed by atoms with Crippen molar-refractivity contribution in [3.05, 3.63) is 68.0 Å². The van der Waals surface area contributed by atoms with Crippen LogP contribution in [0.25, 0.3) is 12.2 Å². The molecule has 1 aliphatic heterocycles. The first-order valence-electron chi connectivity index (χ1n) is 8.84. The maximum atomic E-state index is 11.7. The van der Waals surface area contributed by atoms with Gasteiger partial charge < -0.3 is 4.90 Å². The molecule has 134 valence electrons. The van der Waals surface area contributed by atoms with E-state index in [1.807, 2.05) is 36.5 Å². The molecule has 2 aromatic rings. The highest BCUT2D eigenvalue weighted by atomic mass is 35.5. The van der Waals surface area contributed by atoms with Gasteiger partial charge in [0.2, 0.25) is 0 Å².